The minimum atomic E-state index is -3.92. The zero-order valence-corrected chi connectivity index (χ0v) is 19.6. The van der Waals surface area contributed by atoms with Gasteiger partial charge in [0, 0.05) is 26.2 Å². The quantitative estimate of drug-likeness (QED) is 0.492. The summed E-state index contributed by atoms with van der Waals surface area (Å²) in [4.78, 5) is 26.4. The van der Waals surface area contributed by atoms with Gasteiger partial charge in [0.1, 0.15) is 4.90 Å². The number of amides is 1. The van der Waals surface area contributed by atoms with E-state index in [9.17, 15) is 18.0 Å². The maximum Gasteiger partial charge on any atom is 0.307 e. The molecule has 0 atom stereocenters. The fourth-order valence-corrected chi connectivity index (χ4v) is 5.57. The van der Waals surface area contributed by atoms with E-state index in [1.807, 2.05) is 0 Å². The van der Waals surface area contributed by atoms with Crippen LogP contribution in [0.15, 0.2) is 17.0 Å². The minimum absolute atomic E-state index is 0.0439. The third kappa shape index (κ3) is 6.10. The van der Waals surface area contributed by atoms with Gasteiger partial charge in [0.05, 0.1) is 41.9 Å². The van der Waals surface area contributed by atoms with Gasteiger partial charge in [-0.1, -0.05) is 23.2 Å². The molecule has 31 heavy (non-hydrogen) atoms. The molecule has 0 spiro atoms. The molecule has 172 valence electrons. The van der Waals surface area contributed by atoms with Gasteiger partial charge in [0.2, 0.25) is 10.0 Å². The second-order valence-corrected chi connectivity index (χ2v) is 10.2. The monoisotopic (exact) mass is 492 g/mol. The molecule has 0 unspecified atom stereocenters. The molecule has 0 bridgehead atoms. The van der Waals surface area contributed by atoms with E-state index in [1.54, 1.807) is 6.92 Å². The van der Waals surface area contributed by atoms with Crippen LogP contribution in [0.3, 0.4) is 0 Å². The summed E-state index contributed by atoms with van der Waals surface area (Å²) in [6.45, 7) is 3.62. The highest BCUT2D eigenvalue weighted by Gasteiger charge is 2.32. The minimum Gasteiger partial charge on any atom is -0.466 e. The number of carbonyl (C=O) groups is 2. The first kappa shape index (κ1) is 24.3. The topological polar surface area (TPSA) is 93.2 Å². The highest BCUT2D eigenvalue weighted by Crippen LogP contribution is 2.34. The summed E-state index contributed by atoms with van der Waals surface area (Å²) in [7, 11) is -3.92. The van der Waals surface area contributed by atoms with Crippen LogP contribution in [-0.2, 0) is 24.3 Å². The Bertz CT molecular complexity index is 930. The zero-order valence-electron chi connectivity index (χ0n) is 17.3. The third-order valence-corrected chi connectivity index (χ3v) is 7.87. The third-order valence-electron chi connectivity index (χ3n) is 5.19. The Morgan fingerprint density at radius 3 is 2.48 bits per heavy atom. The summed E-state index contributed by atoms with van der Waals surface area (Å²) in [6.07, 6.45) is 2.07. The van der Waals surface area contributed by atoms with Gasteiger partial charge in [-0.3, -0.25) is 9.59 Å². The van der Waals surface area contributed by atoms with Crippen LogP contribution in [0.1, 0.15) is 36.5 Å². The molecule has 3 rings (SSSR count). The molecule has 2 aliphatic rings. The second-order valence-electron chi connectivity index (χ2n) is 7.53. The first-order valence-corrected chi connectivity index (χ1v) is 12.5. The van der Waals surface area contributed by atoms with E-state index in [-0.39, 0.29) is 53.2 Å². The Kier molecular flexibility index (Phi) is 8.20. The lowest BCUT2D eigenvalue weighted by atomic mass is 10.1. The maximum atomic E-state index is 13.3. The Morgan fingerprint density at radius 1 is 1.19 bits per heavy atom. The summed E-state index contributed by atoms with van der Waals surface area (Å²) in [5, 5.41) is 0.0150. The number of benzene rings is 1. The van der Waals surface area contributed by atoms with Crippen molar-refractivity contribution in [3.8, 4) is 0 Å². The lowest BCUT2D eigenvalue weighted by Crippen LogP contribution is -2.41. The van der Waals surface area contributed by atoms with Crippen molar-refractivity contribution in [3.05, 3.63) is 27.7 Å². The zero-order chi connectivity index (χ0) is 22.6. The molecule has 1 aromatic rings. The normalized spacial score (nSPS) is 17.4. The summed E-state index contributed by atoms with van der Waals surface area (Å²) in [6, 6.07) is 2.52. The Morgan fingerprint density at radius 2 is 1.87 bits per heavy atom. The van der Waals surface area contributed by atoms with Crippen LogP contribution < -0.4 is 0 Å². The molecule has 1 amide bonds. The highest BCUT2D eigenvalue weighted by atomic mass is 35.5. The van der Waals surface area contributed by atoms with Gasteiger partial charge in [-0.15, -0.1) is 0 Å². The number of hydrogen-bond acceptors (Lipinski definition) is 6. The van der Waals surface area contributed by atoms with Gasteiger partial charge < -0.3 is 14.4 Å². The molecule has 0 radical (unpaired) electrons. The number of esters is 1. The first-order chi connectivity index (χ1) is 14.7. The van der Waals surface area contributed by atoms with Crippen LogP contribution >= 0.6 is 23.2 Å². The number of carbonyl (C=O) groups excluding carboxylic acids is 2. The Labute approximate surface area is 192 Å². The number of nitrogens with zero attached hydrogens (tertiary/aromatic N) is 2. The number of morpholine rings is 1. The van der Waals surface area contributed by atoms with Gasteiger partial charge in [0.25, 0.3) is 5.91 Å². The lowest BCUT2D eigenvalue weighted by Gasteiger charge is -2.27. The van der Waals surface area contributed by atoms with Crippen LogP contribution in [0.5, 0.6) is 0 Å². The van der Waals surface area contributed by atoms with Crippen LogP contribution in [0.25, 0.3) is 0 Å². The summed E-state index contributed by atoms with van der Waals surface area (Å²) >= 11 is 12.5. The number of rotatable bonds is 9. The molecule has 2 fully saturated rings. The number of sulfonamides is 1. The van der Waals surface area contributed by atoms with Crippen molar-refractivity contribution in [2.45, 2.75) is 31.1 Å². The van der Waals surface area contributed by atoms with Crippen molar-refractivity contribution < 1.29 is 27.5 Å². The average molecular weight is 493 g/mol. The lowest BCUT2D eigenvalue weighted by molar-refractivity contribution is -0.143. The first-order valence-electron chi connectivity index (χ1n) is 10.3. The van der Waals surface area contributed by atoms with E-state index in [4.69, 9.17) is 32.7 Å². The molecule has 1 saturated carbocycles. The molecule has 0 aromatic heterocycles. The second kappa shape index (κ2) is 10.5. The highest BCUT2D eigenvalue weighted by molar-refractivity contribution is 7.89. The van der Waals surface area contributed by atoms with Gasteiger partial charge in [0.15, 0.2) is 0 Å². The molecular formula is C20H26Cl2N2O6S. The molecule has 1 aliphatic heterocycles. The Balaban J connectivity index is 1.87. The number of halogens is 2. The molecule has 1 heterocycles. The van der Waals surface area contributed by atoms with Gasteiger partial charge in [-0.2, -0.15) is 4.31 Å². The number of ether oxygens (including phenoxy) is 2. The van der Waals surface area contributed by atoms with E-state index >= 15 is 0 Å². The Hall–Kier alpha value is -1.39. The predicted octanol–water partition coefficient (Wildman–Crippen LogP) is 2.82. The van der Waals surface area contributed by atoms with Crippen molar-refractivity contribution >= 4 is 45.1 Å². The van der Waals surface area contributed by atoms with Crippen LogP contribution in [0.4, 0.5) is 0 Å². The van der Waals surface area contributed by atoms with E-state index in [1.165, 1.54) is 21.3 Å². The molecule has 1 aromatic carbocycles. The molecule has 0 N–H and O–H groups in total. The number of hydrogen-bond donors (Lipinski definition) is 0. The fourth-order valence-electron chi connectivity index (χ4n) is 3.33. The van der Waals surface area contributed by atoms with Gasteiger partial charge in [-0.05, 0) is 37.8 Å². The van der Waals surface area contributed by atoms with Crippen molar-refractivity contribution in [3.63, 3.8) is 0 Å². The van der Waals surface area contributed by atoms with Crippen molar-refractivity contribution in [1.82, 2.24) is 9.21 Å². The van der Waals surface area contributed by atoms with E-state index in [2.05, 4.69) is 0 Å². The molecule has 8 nitrogen and oxygen atoms in total. The molecule has 1 aliphatic carbocycles. The SMILES string of the molecule is CCOC(=O)CCN(CC1CC1)C(=O)c1cc(S(=O)(=O)N2CCOCC2)c(Cl)cc1Cl. The summed E-state index contributed by atoms with van der Waals surface area (Å²) in [5.74, 6) is -0.459. The molecule has 1 saturated heterocycles. The predicted molar refractivity (Wildman–Crippen MR) is 116 cm³/mol. The largest absolute Gasteiger partial charge is 0.466 e. The maximum absolute atomic E-state index is 13.3. The van der Waals surface area contributed by atoms with Crippen molar-refractivity contribution in [2.24, 2.45) is 5.92 Å². The average Bonchev–Trinajstić information content (AvgIpc) is 3.55. The van der Waals surface area contributed by atoms with E-state index in [0.29, 0.717) is 25.7 Å². The van der Waals surface area contributed by atoms with Crippen molar-refractivity contribution in [1.29, 1.82) is 0 Å². The summed E-state index contributed by atoms with van der Waals surface area (Å²) < 4.78 is 37.6. The standard InChI is InChI=1S/C20H26Cl2N2O6S/c1-2-30-19(25)5-6-23(13-14-3-4-14)20(26)15-11-18(17(22)12-16(15)21)31(27,28)24-7-9-29-10-8-24/h11-12,14H,2-10,13H2,1H3. The summed E-state index contributed by atoms with van der Waals surface area (Å²) in [5.41, 5.74) is 0.0439. The van der Waals surface area contributed by atoms with Crippen LogP contribution in [0.2, 0.25) is 10.0 Å². The van der Waals surface area contributed by atoms with Crippen molar-refractivity contribution in [2.75, 3.05) is 46.0 Å². The molecular weight excluding hydrogens is 467 g/mol. The molecule has 11 heteroatoms. The van der Waals surface area contributed by atoms with E-state index < -0.39 is 21.9 Å². The van der Waals surface area contributed by atoms with Crippen LogP contribution in [0, 0.1) is 5.92 Å². The van der Waals surface area contributed by atoms with E-state index in [0.717, 1.165) is 12.8 Å². The van der Waals surface area contributed by atoms with Gasteiger partial charge >= 0.3 is 5.97 Å². The smallest absolute Gasteiger partial charge is 0.307 e. The van der Waals surface area contributed by atoms with Gasteiger partial charge in [-0.25, -0.2) is 8.42 Å². The fraction of sp³-hybridized carbons (Fsp3) is 0.600. The van der Waals surface area contributed by atoms with Crippen LogP contribution in [-0.4, -0.2) is 75.5 Å².